The molecule has 0 bridgehead atoms. The number of carbonyl (C=O) groups excluding carboxylic acids is 1. The van der Waals surface area contributed by atoms with Gasteiger partial charge in [0.15, 0.2) is 0 Å². The predicted molar refractivity (Wildman–Crippen MR) is 125 cm³/mol. The van der Waals surface area contributed by atoms with Gasteiger partial charge in [-0.1, -0.05) is 49.4 Å². The van der Waals surface area contributed by atoms with Crippen molar-refractivity contribution < 1.29 is 21.8 Å². The summed E-state index contributed by atoms with van der Waals surface area (Å²) in [4.78, 5) is 14.5. The molecule has 0 aliphatic heterocycles. The lowest BCUT2D eigenvalue weighted by molar-refractivity contribution is 0.173. The third-order valence-electron chi connectivity index (χ3n) is 5.25. The standard InChI is InChI=1S/C25H27FN2O4S/c1-3-19(2)28(25(29)27-17-20-7-5-4-6-8-20)18-21-9-13-23(14-10-21)32-33(30,31)24-15-11-22(26)12-16-24/h4-16,19H,3,17-18H2,1-2H3,(H,27,29). The van der Waals surface area contributed by atoms with Crippen molar-refractivity contribution in [3.05, 3.63) is 95.8 Å². The SMILES string of the molecule is CCC(C)N(Cc1ccc(OS(=O)(=O)c2ccc(F)cc2)cc1)C(=O)NCc1ccccc1. The van der Waals surface area contributed by atoms with E-state index in [-0.39, 0.29) is 22.7 Å². The van der Waals surface area contributed by atoms with Crippen LogP contribution in [-0.2, 0) is 23.2 Å². The van der Waals surface area contributed by atoms with Gasteiger partial charge < -0.3 is 14.4 Å². The molecule has 0 saturated heterocycles. The number of nitrogens with one attached hydrogen (secondary N) is 1. The summed E-state index contributed by atoms with van der Waals surface area (Å²) in [7, 11) is -4.07. The van der Waals surface area contributed by atoms with Gasteiger partial charge in [0.25, 0.3) is 0 Å². The summed E-state index contributed by atoms with van der Waals surface area (Å²) in [6.45, 7) is 4.79. The summed E-state index contributed by atoms with van der Waals surface area (Å²) in [6.07, 6.45) is 0.788. The zero-order chi connectivity index (χ0) is 23.8. The molecule has 6 nitrogen and oxygen atoms in total. The Labute approximate surface area is 194 Å². The van der Waals surface area contributed by atoms with Crippen LogP contribution in [0.3, 0.4) is 0 Å². The second-order valence-electron chi connectivity index (χ2n) is 7.66. The van der Waals surface area contributed by atoms with Gasteiger partial charge in [0, 0.05) is 19.1 Å². The topological polar surface area (TPSA) is 75.7 Å². The van der Waals surface area contributed by atoms with Crippen molar-refractivity contribution in [3.8, 4) is 5.75 Å². The normalized spacial score (nSPS) is 12.1. The molecule has 1 unspecified atom stereocenters. The second kappa shape index (κ2) is 11.0. The first kappa shape index (κ1) is 24.3. The molecule has 174 valence electrons. The van der Waals surface area contributed by atoms with Crippen molar-refractivity contribution in [2.75, 3.05) is 0 Å². The van der Waals surface area contributed by atoms with E-state index in [1.165, 1.54) is 12.1 Å². The number of halogens is 1. The number of carbonyl (C=O) groups is 1. The maximum Gasteiger partial charge on any atom is 0.339 e. The molecule has 3 rings (SSSR count). The molecular formula is C25H27FN2O4S. The van der Waals surface area contributed by atoms with Gasteiger partial charge >= 0.3 is 16.1 Å². The fraction of sp³-hybridized carbons (Fsp3) is 0.240. The number of amides is 2. The van der Waals surface area contributed by atoms with E-state index in [0.717, 1.165) is 41.8 Å². The zero-order valence-electron chi connectivity index (χ0n) is 18.6. The lowest BCUT2D eigenvalue weighted by Gasteiger charge is -2.29. The van der Waals surface area contributed by atoms with Gasteiger partial charge in [0.2, 0.25) is 0 Å². The summed E-state index contributed by atoms with van der Waals surface area (Å²) in [5, 5.41) is 2.96. The minimum Gasteiger partial charge on any atom is -0.379 e. The van der Waals surface area contributed by atoms with Gasteiger partial charge in [-0.15, -0.1) is 0 Å². The quantitative estimate of drug-likeness (QED) is 0.441. The van der Waals surface area contributed by atoms with Crippen molar-refractivity contribution in [2.45, 2.75) is 44.3 Å². The molecule has 0 aliphatic carbocycles. The number of rotatable bonds is 9. The van der Waals surface area contributed by atoms with E-state index in [2.05, 4.69) is 5.32 Å². The van der Waals surface area contributed by atoms with Crippen molar-refractivity contribution >= 4 is 16.1 Å². The molecule has 0 radical (unpaired) electrons. The van der Waals surface area contributed by atoms with Crippen LogP contribution in [0.5, 0.6) is 5.75 Å². The van der Waals surface area contributed by atoms with Crippen LogP contribution in [0.4, 0.5) is 9.18 Å². The van der Waals surface area contributed by atoms with Gasteiger partial charge in [-0.2, -0.15) is 8.42 Å². The first-order valence-electron chi connectivity index (χ1n) is 10.7. The van der Waals surface area contributed by atoms with Crippen molar-refractivity contribution in [1.82, 2.24) is 10.2 Å². The molecule has 8 heteroatoms. The molecule has 2 amide bonds. The van der Waals surface area contributed by atoms with Gasteiger partial charge in [0.1, 0.15) is 16.5 Å². The van der Waals surface area contributed by atoms with Crippen molar-refractivity contribution in [1.29, 1.82) is 0 Å². The van der Waals surface area contributed by atoms with Gasteiger partial charge in [0.05, 0.1) is 0 Å². The van der Waals surface area contributed by atoms with E-state index in [9.17, 15) is 17.6 Å². The van der Waals surface area contributed by atoms with E-state index in [1.807, 2.05) is 44.2 Å². The average Bonchev–Trinajstić information content (AvgIpc) is 2.82. The number of hydrogen-bond donors (Lipinski definition) is 1. The summed E-state index contributed by atoms with van der Waals surface area (Å²) in [6, 6.07) is 20.4. The van der Waals surface area contributed by atoms with E-state index in [1.54, 1.807) is 17.0 Å². The Morgan fingerprint density at radius 1 is 0.970 bits per heavy atom. The lowest BCUT2D eigenvalue weighted by atomic mass is 10.1. The van der Waals surface area contributed by atoms with E-state index < -0.39 is 15.9 Å². The fourth-order valence-corrected chi connectivity index (χ4v) is 4.08. The molecule has 0 aliphatic rings. The van der Waals surface area contributed by atoms with E-state index in [4.69, 9.17) is 4.18 Å². The molecule has 0 saturated carbocycles. The number of nitrogens with zero attached hydrogens (tertiary/aromatic N) is 1. The summed E-state index contributed by atoms with van der Waals surface area (Å²) >= 11 is 0. The molecule has 0 aromatic heterocycles. The maximum absolute atomic E-state index is 13.1. The largest absolute Gasteiger partial charge is 0.379 e. The van der Waals surface area contributed by atoms with Crippen LogP contribution in [0, 0.1) is 5.82 Å². The molecule has 3 aromatic carbocycles. The number of urea groups is 1. The zero-order valence-corrected chi connectivity index (χ0v) is 19.4. The monoisotopic (exact) mass is 470 g/mol. The van der Waals surface area contributed by atoms with Crippen molar-refractivity contribution in [2.24, 2.45) is 0 Å². The molecule has 0 heterocycles. The second-order valence-corrected chi connectivity index (χ2v) is 9.21. The highest BCUT2D eigenvalue weighted by molar-refractivity contribution is 7.87. The predicted octanol–water partition coefficient (Wildman–Crippen LogP) is 5.10. The smallest absolute Gasteiger partial charge is 0.339 e. The highest BCUT2D eigenvalue weighted by Gasteiger charge is 2.20. The molecule has 0 spiro atoms. The summed E-state index contributed by atoms with van der Waals surface area (Å²) in [5.41, 5.74) is 1.84. The first-order chi connectivity index (χ1) is 15.8. The third kappa shape index (κ3) is 6.79. The van der Waals surface area contributed by atoms with Crippen LogP contribution in [0.1, 0.15) is 31.4 Å². The minimum absolute atomic E-state index is 0.00977. The Hall–Kier alpha value is -3.39. The minimum atomic E-state index is -4.07. The van der Waals surface area contributed by atoms with Gasteiger partial charge in [-0.3, -0.25) is 0 Å². The molecular weight excluding hydrogens is 443 g/mol. The Morgan fingerprint density at radius 3 is 2.21 bits per heavy atom. The summed E-state index contributed by atoms with van der Waals surface area (Å²) in [5.74, 6) is -0.399. The first-order valence-corrected chi connectivity index (χ1v) is 12.1. The number of benzene rings is 3. The highest BCUT2D eigenvalue weighted by atomic mass is 32.2. The van der Waals surface area contributed by atoms with E-state index in [0.29, 0.717) is 13.1 Å². The fourth-order valence-electron chi connectivity index (χ4n) is 3.15. The van der Waals surface area contributed by atoms with Gasteiger partial charge in [-0.25, -0.2) is 9.18 Å². The lowest BCUT2D eigenvalue weighted by Crippen LogP contribution is -2.44. The van der Waals surface area contributed by atoms with Gasteiger partial charge in [-0.05, 0) is 60.9 Å². The third-order valence-corrected chi connectivity index (χ3v) is 6.52. The van der Waals surface area contributed by atoms with Crippen LogP contribution < -0.4 is 9.50 Å². The average molecular weight is 471 g/mol. The highest BCUT2D eigenvalue weighted by Crippen LogP contribution is 2.21. The Balaban J connectivity index is 1.66. The Kier molecular flexibility index (Phi) is 8.06. The van der Waals surface area contributed by atoms with E-state index >= 15 is 0 Å². The van der Waals surface area contributed by atoms with Crippen LogP contribution in [0.15, 0.2) is 83.8 Å². The van der Waals surface area contributed by atoms with Crippen LogP contribution >= 0.6 is 0 Å². The Morgan fingerprint density at radius 2 is 1.61 bits per heavy atom. The molecule has 1 N–H and O–H groups in total. The maximum atomic E-state index is 13.1. The molecule has 0 fully saturated rings. The van der Waals surface area contributed by atoms with Crippen LogP contribution in [0.25, 0.3) is 0 Å². The molecule has 33 heavy (non-hydrogen) atoms. The van der Waals surface area contributed by atoms with Crippen LogP contribution in [0.2, 0.25) is 0 Å². The molecule has 1 atom stereocenters. The number of hydrogen-bond acceptors (Lipinski definition) is 4. The Bertz CT molecular complexity index is 1150. The molecule has 3 aromatic rings. The van der Waals surface area contributed by atoms with Crippen LogP contribution in [-0.4, -0.2) is 25.4 Å². The van der Waals surface area contributed by atoms with Crippen molar-refractivity contribution in [3.63, 3.8) is 0 Å². The summed E-state index contributed by atoms with van der Waals surface area (Å²) < 4.78 is 43.0.